The summed E-state index contributed by atoms with van der Waals surface area (Å²) in [5, 5.41) is 10.3. The molecule has 26 heavy (non-hydrogen) atoms. The lowest BCUT2D eigenvalue weighted by molar-refractivity contribution is 0.220. The molecule has 0 saturated heterocycles. The molecule has 134 valence electrons. The first-order valence-electron chi connectivity index (χ1n) is 8.91. The molecule has 0 bridgehead atoms. The van der Waals surface area contributed by atoms with Crippen molar-refractivity contribution >= 4 is 0 Å². The molecule has 1 N–H and O–H groups in total. The Balaban J connectivity index is 1.75. The average molecular weight is 349 g/mol. The average Bonchev–Trinajstić information content (AvgIpc) is 3.04. The minimum atomic E-state index is 0.0810. The van der Waals surface area contributed by atoms with Gasteiger partial charge in [-0.3, -0.25) is 9.88 Å². The molecule has 0 aliphatic carbocycles. The van der Waals surface area contributed by atoms with Gasteiger partial charge >= 0.3 is 0 Å². The van der Waals surface area contributed by atoms with Crippen molar-refractivity contribution in [3.05, 3.63) is 77.9 Å². The second kappa shape index (κ2) is 7.22. The predicted octanol–water partition coefficient (Wildman–Crippen LogP) is 3.59. The summed E-state index contributed by atoms with van der Waals surface area (Å²) >= 11 is 0. The molecule has 1 unspecified atom stereocenters. The van der Waals surface area contributed by atoms with Crippen LogP contribution in [0, 0.1) is 0 Å². The van der Waals surface area contributed by atoms with E-state index in [2.05, 4.69) is 44.9 Å². The number of aryl methyl sites for hydroxylation is 1. The largest absolute Gasteiger partial charge is 0.504 e. The zero-order valence-corrected chi connectivity index (χ0v) is 14.9. The lowest BCUT2D eigenvalue weighted by atomic mass is 10.0. The van der Waals surface area contributed by atoms with Crippen LogP contribution in [0.2, 0.25) is 0 Å². The van der Waals surface area contributed by atoms with Crippen molar-refractivity contribution in [3.63, 3.8) is 0 Å². The number of rotatable bonds is 4. The molecule has 2 aromatic heterocycles. The Labute approximate surface area is 153 Å². The van der Waals surface area contributed by atoms with Crippen LogP contribution in [-0.2, 0) is 13.1 Å². The van der Waals surface area contributed by atoms with Crippen LogP contribution < -0.4 is 4.74 Å². The summed E-state index contributed by atoms with van der Waals surface area (Å²) in [6.07, 6.45) is 6.90. The van der Waals surface area contributed by atoms with Crippen molar-refractivity contribution in [3.8, 4) is 11.5 Å². The maximum absolute atomic E-state index is 10.3. The molecule has 1 aliphatic heterocycles. The fourth-order valence-electron chi connectivity index (χ4n) is 3.79. The highest BCUT2D eigenvalue weighted by atomic mass is 16.5. The first kappa shape index (κ1) is 16.7. The van der Waals surface area contributed by atoms with Gasteiger partial charge in [0.2, 0.25) is 0 Å². The molecule has 0 fully saturated rings. The van der Waals surface area contributed by atoms with E-state index in [0.29, 0.717) is 5.75 Å². The highest BCUT2D eigenvalue weighted by Crippen LogP contribution is 2.36. The maximum atomic E-state index is 10.3. The van der Waals surface area contributed by atoms with Gasteiger partial charge in [0, 0.05) is 43.9 Å². The molecular weight excluding hydrogens is 326 g/mol. The van der Waals surface area contributed by atoms with Crippen molar-refractivity contribution < 1.29 is 9.84 Å². The van der Waals surface area contributed by atoms with E-state index in [-0.39, 0.29) is 11.8 Å². The van der Waals surface area contributed by atoms with Crippen molar-refractivity contribution in [2.75, 3.05) is 13.7 Å². The van der Waals surface area contributed by atoms with Crippen LogP contribution in [0.1, 0.15) is 29.3 Å². The Morgan fingerprint density at radius 3 is 2.77 bits per heavy atom. The lowest BCUT2D eigenvalue weighted by Gasteiger charge is -2.31. The van der Waals surface area contributed by atoms with Crippen LogP contribution in [0.4, 0.5) is 0 Å². The number of ether oxygens (including phenoxy) is 1. The standard InChI is InChI=1S/C21H23N3O2/c1-26-20-6-5-17(14-19(20)25)21-18-4-2-11-23(18)12-3-13-24(21)15-16-7-9-22-10-8-16/h2,4-11,14,21,25H,3,12-13,15H2,1H3. The van der Waals surface area contributed by atoms with Crippen molar-refractivity contribution in [2.24, 2.45) is 0 Å². The number of phenols is 1. The van der Waals surface area contributed by atoms with E-state index in [9.17, 15) is 5.11 Å². The van der Waals surface area contributed by atoms with E-state index < -0.39 is 0 Å². The molecule has 0 amide bonds. The van der Waals surface area contributed by atoms with Crippen LogP contribution in [0.15, 0.2) is 61.1 Å². The topological polar surface area (TPSA) is 50.5 Å². The maximum Gasteiger partial charge on any atom is 0.160 e. The van der Waals surface area contributed by atoms with Gasteiger partial charge in [0.05, 0.1) is 13.2 Å². The zero-order valence-electron chi connectivity index (χ0n) is 14.9. The lowest BCUT2D eigenvalue weighted by Crippen LogP contribution is -2.29. The molecule has 1 aromatic carbocycles. The van der Waals surface area contributed by atoms with Crippen LogP contribution in [0.5, 0.6) is 11.5 Å². The molecule has 0 spiro atoms. The van der Waals surface area contributed by atoms with Crippen molar-refractivity contribution in [2.45, 2.75) is 25.6 Å². The fraction of sp³-hybridized carbons (Fsp3) is 0.286. The second-order valence-corrected chi connectivity index (χ2v) is 6.64. The molecule has 0 radical (unpaired) electrons. The summed E-state index contributed by atoms with van der Waals surface area (Å²) in [5.74, 6) is 0.676. The van der Waals surface area contributed by atoms with Gasteiger partial charge < -0.3 is 14.4 Å². The van der Waals surface area contributed by atoms with Gasteiger partial charge in [0.25, 0.3) is 0 Å². The molecule has 0 saturated carbocycles. The summed E-state index contributed by atoms with van der Waals surface area (Å²) < 4.78 is 7.53. The van der Waals surface area contributed by atoms with E-state index in [1.165, 1.54) is 11.3 Å². The number of phenolic OH excluding ortho intramolecular Hbond substituents is 1. The van der Waals surface area contributed by atoms with Crippen LogP contribution in [-0.4, -0.2) is 33.2 Å². The molecular formula is C21H23N3O2. The summed E-state index contributed by atoms with van der Waals surface area (Å²) in [4.78, 5) is 6.59. The van der Waals surface area contributed by atoms with Crippen LogP contribution >= 0.6 is 0 Å². The SMILES string of the molecule is COc1ccc(C2c3cccn3CCCN2Cc2ccncc2)cc1O. The van der Waals surface area contributed by atoms with Gasteiger partial charge in [0.15, 0.2) is 11.5 Å². The number of benzene rings is 1. The zero-order chi connectivity index (χ0) is 17.9. The summed E-state index contributed by atoms with van der Waals surface area (Å²) in [5.41, 5.74) is 3.56. The minimum absolute atomic E-state index is 0.0810. The fourth-order valence-corrected chi connectivity index (χ4v) is 3.79. The van der Waals surface area contributed by atoms with Gasteiger partial charge in [0.1, 0.15) is 0 Å². The first-order chi connectivity index (χ1) is 12.8. The molecule has 5 heteroatoms. The van der Waals surface area contributed by atoms with E-state index in [0.717, 1.165) is 31.6 Å². The van der Waals surface area contributed by atoms with Gasteiger partial charge in [-0.2, -0.15) is 0 Å². The number of aromatic nitrogens is 2. The summed E-state index contributed by atoms with van der Waals surface area (Å²) in [6, 6.07) is 14.2. The Morgan fingerprint density at radius 2 is 2.00 bits per heavy atom. The van der Waals surface area contributed by atoms with Crippen LogP contribution in [0.3, 0.4) is 0 Å². The van der Waals surface area contributed by atoms with E-state index in [1.54, 1.807) is 7.11 Å². The number of methoxy groups -OCH3 is 1. The summed E-state index contributed by atoms with van der Waals surface area (Å²) in [6.45, 7) is 2.83. The number of nitrogens with zero attached hydrogens (tertiary/aromatic N) is 3. The van der Waals surface area contributed by atoms with E-state index in [1.807, 2.05) is 30.6 Å². The molecule has 4 rings (SSSR count). The van der Waals surface area contributed by atoms with Crippen molar-refractivity contribution in [1.82, 2.24) is 14.5 Å². The molecule has 3 aromatic rings. The number of fused-ring (bicyclic) bond motifs is 1. The number of hydrogen-bond acceptors (Lipinski definition) is 4. The molecule has 1 aliphatic rings. The molecule has 5 nitrogen and oxygen atoms in total. The highest BCUT2D eigenvalue weighted by molar-refractivity contribution is 5.44. The van der Waals surface area contributed by atoms with Gasteiger partial charge in [-0.1, -0.05) is 6.07 Å². The van der Waals surface area contributed by atoms with Crippen molar-refractivity contribution in [1.29, 1.82) is 0 Å². The van der Waals surface area contributed by atoms with Gasteiger partial charge in [-0.25, -0.2) is 0 Å². The number of pyridine rings is 1. The predicted molar refractivity (Wildman–Crippen MR) is 100 cm³/mol. The quantitative estimate of drug-likeness (QED) is 0.782. The van der Waals surface area contributed by atoms with E-state index >= 15 is 0 Å². The summed E-state index contributed by atoms with van der Waals surface area (Å²) in [7, 11) is 1.57. The first-order valence-corrected chi connectivity index (χ1v) is 8.91. The third-order valence-corrected chi connectivity index (χ3v) is 5.01. The molecule has 3 heterocycles. The number of aromatic hydroxyl groups is 1. The van der Waals surface area contributed by atoms with Crippen LogP contribution in [0.25, 0.3) is 0 Å². The Hall–Kier alpha value is -2.79. The Kier molecular flexibility index (Phi) is 4.63. The second-order valence-electron chi connectivity index (χ2n) is 6.64. The normalized spacial score (nSPS) is 17.5. The molecule has 1 atom stereocenters. The van der Waals surface area contributed by atoms with E-state index in [4.69, 9.17) is 4.74 Å². The minimum Gasteiger partial charge on any atom is -0.504 e. The Bertz CT molecular complexity index is 876. The third kappa shape index (κ3) is 3.18. The third-order valence-electron chi connectivity index (χ3n) is 5.01. The van der Waals surface area contributed by atoms with Gasteiger partial charge in [-0.05, 0) is 53.9 Å². The number of hydrogen-bond donors (Lipinski definition) is 1. The smallest absolute Gasteiger partial charge is 0.160 e. The van der Waals surface area contributed by atoms with Gasteiger partial charge in [-0.15, -0.1) is 0 Å². The highest BCUT2D eigenvalue weighted by Gasteiger charge is 2.28. The monoisotopic (exact) mass is 349 g/mol. The Morgan fingerprint density at radius 1 is 1.15 bits per heavy atom.